The Morgan fingerprint density at radius 1 is 1.28 bits per heavy atom. The topological polar surface area (TPSA) is 29.3 Å². The summed E-state index contributed by atoms with van der Waals surface area (Å²) in [5.74, 6) is -2.93. The SMILES string of the molecule is CC1CCCN1C(CN)c1cc(F)c(F)cc1F. The molecule has 0 saturated carbocycles. The van der Waals surface area contributed by atoms with Gasteiger partial charge >= 0.3 is 0 Å². The van der Waals surface area contributed by atoms with Gasteiger partial charge in [0, 0.05) is 24.2 Å². The average Bonchev–Trinajstić information content (AvgIpc) is 2.73. The number of halogens is 3. The van der Waals surface area contributed by atoms with Crippen LogP contribution in [0.3, 0.4) is 0 Å². The summed E-state index contributed by atoms with van der Waals surface area (Å²) in [5, 5.41) is 0. The maximum Gasteiger partial charge on any atom is 0.161 e. The lowest BCUT2D eigenvalue weighted by molar-refractivity contribution is 0.191. The number of rotatable bonds is 3. The molecule has 0 spiro atoms. The van der Waals surface area contributed by atoms with Crippen molar-refractivity contribution in [2.24, 2.45) is 5.73 Å². The smallest absolute Gasteiger partial charge is 0.161 e. The van der Waals surface area contributed by atoms with Gasteiger partial charge in [0.15, 0.2) is 11.6 Å². The number of benzene rings is 1. The quantitative estimate of drug-likeness (QED) is 0.844. The highest BCUT2D eigenvalue weighted by Crippen LogP contribution is 2.30. The van der Waals surface area contributed by atoms with Crippen LogP contribution in [0, 0.1) is 17.5 Å². The van der Waals surface area contributed by atoms with E-state index in [1.165, 1.54) is 0 Å². The van der Waals surface area contributed by atoms with Gasteiger partial charge in [0.25, 0.3) is 0 Å². The summed E-state index contributed by atoms with van der Waals surface area (Å²) in [5.41, 5.74) is 5.82. The first-order valence-corrected chi connectivity index (χ1v) is 6.15. The first-order chi connectivity index (χ1) is 8.54. The molecule has 2 nitrogen and oxygen atoms in total. The summed E-state index contributed by atoms with van der Waals surface area (Å²) in [7, 11) is 0. The summed E-state index contributed by atoms with van der Waals surface area (Å²) >= 11 is 0. The summed E-state index contributed by atoms with van der Waals surface area (Å²) in [6.45, 7) is 3.03. The maximum absolute atomic E-state index is 13.8. The molecule has 100 valence electrons. The third-order valence-electron chi connectivity index (χ3n) is 3.63. The van der Waals surface area contributed by atoms with Gasteiger partial charge in [0.2, 0.25) is 0 Å². The van der Waals surface area contributed by atoms with Gasteiger partial charge < -0.3 is 5.73 Å². The zero-order valence-corrected chi connectivity index (χ0v) is 10.3. The highest BCUT2D eigenvalue weighted by molar-refractivity contribution is 5.24. The first kappa shape index (κ1) is 13.4. The Morgan fingerprint density at radius 2 is 1.94 bits per heavy atom. The Kier molecular flexibility index (Phi) is 3.92. The van der Waals surface area contributed by atoms with E-state index in [1.54, 1.807) is 0 Å². The molecular weight excluding hydrogens is 241 g/mol. The summed E-state index contributed by atoms with van der Waals surface area (Å²) in [4.78, 5) is 2.05. The van der Waals surface area contributed by atoms with Crippen LogP contribution < -0.4 is 5.73 Å². The zero-order valence-electron chi connectivity index (χ0n) is 10.3. The molecule has 1 fully saturated rings. The minimum atomic E-state index is -1.17. The molecule has 0 aromatic heterocycles. The van der Waals surface area contributed by atoms with Crippen molar-refractivity contribution in [1.82, 2.24) is 4.90 Å². The molecule has 1 aliphatic heterocycles. The average molecular weight is 258 g/mol. The number of nitrogens with two attached hydrogens (primary N) is 1. The molecule has 1 heterocycles. The van der Waals surface area contributed by atoms with Crippen molar-refractivity contribution < 1.29 is 13.2 Å². The zero-order chi connectivity index (χ0) is 13.3. The Hall–Kier alpha value is -1.07. The monoisotopic (exact) mass is 258 g/mol. The van der Waals surface area contributed by atoms with E-state index in [-0.39, 0.29) is 18.2 Å². The standard InChI is InChI=1S/C13H17F3N2/c1-8-3-2-4-18(8)13(7-17)9-5-11(15)12(16)6-10(9)14/h5-6,8,13H,2-4,7,17H2,1H3. The molecule has 2 N–H and O–H groups in total. The molecule has 5 heteroatoms. The number of hydrogen-bond donors (Lipinski definition) is 1. The third kappa shape index (κ3) is 2.37. The van der Waals surface area contributed by atoms with Crippen LogP contribution in [0.5, 0.6) is 0 Å². The molecular formula is C13H17F3N2. The summed E-state index contributed by atoms with van der Waals surface area (Å²) in [6, 6.07) is 1.41. The van der Waals surface area contributed by atoms with Crippen molar-refractivity contribution in [2.45, 2.75) is 31.8 Å². The van der Waals surface area contributed by atoms with Crippen molar-refractivity contribution in [1.29, 1.82) is 0 Å². The molecule has 2 rings (SSSR count). The van der Waals surface area contributed by atoms with Crippen LogP contribution in [-0.2, 0) is 0 Å². The highest BCUT2D eigenvalue weighted by Gasteiger charge is 2.30. The van der Waals surface area contributed by atoms with Crippen molar-refractivity contribution >= 4 is 0 Å². The molecule has 0 bridgehead atoms. The van der Waals surface area contributed by atoms with E-state index in [0.29, 0.717) is 6.07 Å². The lowest BCUT2D eigenvalue weighted by Crippen LogP contribution is -2.36. The second-order valence-electron chi connectivity index (χ2n) is 4.77. The molecule has 1 aromatic rings. The van der Waals surface area contributed by atoms with Gasteiger partial charge in [0.05, 0.1) is 6.04 Å². The fourth-order valence-corrected chi connectivity index (χ4v) is 2.65. The molecule has 1 aromatic carbocycles. The van der Waals surface area contributed by atoms with Crippen LogP contribution in [0.2, 0.25) is 0 Å². The maximum atomic E-state index is 13.8. The number of likely N-dealkylation sites (tertiary alicyclic amines) is 1. The molecule has 0 radical (unpaired) electrons. The van der Waals surface area contributed by atoms with E-state index in [1.807, 2.05) is 6.92 Å². The van der Waals surface area contributed by atoms with Crippen LogP contribution >= 0.6 is 0 Å². The fraction of sp³-hybridized carbons (Fsp3) is 0.538. The lowest BCUT2D eigenvalue weighted by Gasteiger charge is -2.31. The lowest BCUT2D eigenvalue weighted by atomic mass is 10.0. The number of nitrogens with zero attached hydrogens (tertiary/aromatic N) is 1. The number of hydrogen-bond acceptors (Lipinski definition) is 2. The second-order valence-corrected chi connectivity index (χ2v) is 4.77. The van der Waals surface area contributed by atoms with Gasteiger partial charge in [-0.15, -0.1) is 0 Å². The summed E-state index contributed by atoms with van der Waals surface area (Å²) < 4.78 is 39.9. The Bertz CT molecular complexity index is 436. The van der Waals surface area contributed by atoms with Gasteiger partial charge in [-0.25, -0.2) is 13.2 Å². The molecule has 0 aliphatic carbocycles. The van der Waals surface area contributed by atoms with Crippen molar-refractivity contribution in [3.05, 3.63) is 35.1 Å². The third-order valence-corrected chi connectivity index (χ3v) is 3.63. The van der Waals surface area contributed by atoms with Gasteiger partial charge in [-0.05, 0) is 32.4 Å². The molecule has 2 unspecified atom stereocenters. The van der Waals surface area contributed by atoms with Gasteiger partial charge in [-0.2, -0.15) is 0 Å². The fourth-order valence-electron chi connectivity index (χ4n) is 2.65. The van der Waals surface area contributed by atoms with Gasteiger partial charge in [-0.3, -0.25) is 4.90 Å². The predicted octanol–water partition coefficient (Wildman–Crippen LogP) is 2.59. The van der Waals surface area contributed by atoms with E-state index < -0.39 is 23.5 Å². The van der Waals surface area contributed by atoms with Crippen LogP contribution in [0.15, 0.2) is 12.1 Å². The van der Waals surface area contributed by atoms with E-state index in [9.17, 15) is 13.2 Å². The minimum Gasteiger partial charge on any atom is -0.329 e. The van der Waals surface area contributed by atoms with Crippen LogP contribution in [0.1, 0.15) is 31.4 Å². The second kappa shape index (κ2) is 5.28. The molecule has 1 saturated heterocycles. The normalized spacial score (nSPS) is 22.4. The van der Waals surface area contributed by atoms with Gasteiger partial charge in [0.1, 0.15) is 5.82 Å². The van der Waals surface area contributed by atoms with Crippen LogP contribution in [0.25, 0.3) is 0 Å². The van der Waals surface area contributed by atoms with E-state index >= 15 is 0 Å². The molecule has 2 atom stereocenters. The Balaban J connectivity index is 2.35. The summed E-state index contributed by atoms with van der Waals surface area (Å²) in [6.07, 6.45) is 2.03. The first-order valence-electron chi connectivity index (χ1n) is 6.15. The van der Waals surface area contributed by atoms with E-state index in [2.05, 4.69) is 4.90 Å². The molecule has 18 heavy (non-hydrogen) atoms. The predicted molar refractivity (Wildman–Crippen MR) is 63.5 cm³/mol. The van der Waals surface area contributed by atoms with Crippen molar-refractivity contribution in [2.75, 3.05) is 13.1 Å². The van der Waals surface area contributed by atoms with Crippen molar-refractivity contribution in [3.8, 4) is 0 Å². The Morgan fingerprint density at radius 3 is 2.50 bits per heavy atom. The molecule has 0 amide bonds. The van der Waals surface area contributed by atoms with Crippen LogP contribution in [-0.4, -0.2) is 24.0 Å². The minimum absolute atomic E-state index is 0.144. The Labute approximate surface area is 105 Å². The van der Waals surface area contributed by atoms with E-state index in [4.69, 9.17) is 5.73 Å². The van der Waals surface area contributed by atoms with Crippen LogP contribution in [0.4, 0.5) is 13.2 Å². The van der Waals surface area contributed by atoms with Crippen molar-refractivity contribution in [3.63, 3.8) is 0 Å². The largest absolute Gasteiger partial charge is 0.329 e. The molecule has 1 aliphatic rings. The van der Waals surface area contributed by atoms with E-state index in [0.717, 1.165) is 25.5 Å². The van der Waals surface area contributed by atoms with Gasteiger partial charge in [-0.1, -0.05) is 0 Å². The highest BCUT2D eigenvalue weighted by atomic mass is 19.2.